The average molecular weight is 269 g/mol. The summed E-state index contributed by atoms with van der Waals surface area (Å²) in [4.78, 5) is 0. The Hall–Kier alpha value is -1.91. The minimum atomic E-state index is -5.12. The zero-order valence-electron chi connectivity index (χ0n) is 8.56. The highest BCUT2D eigenvalue weighted by atomic mass is 19.4. The highest BCUT2D eigenvalue weighted by Gasteiger charge is 2.35. The number of halogens is 6. The van der Waals surface area contributed by atoms with Gasteiger partial charge in [0.25, 0.3) is 0 Å². The molecular weight excluding hydrogens is 264 g/mol. The van der Waals surface area contributed by atoms with E-state index in [2.05, 4.69) is 4.74 Å². The zero-order valence-corrected chi connectivity index (χ0v) is 8.56. The number of rotatable bonds is 2. The highest BCUT2D eigenvalue weighted by Crippen LogP contribution is 2.35. The van der Waals surface area contributed by atoms with Crippen LogP contribution in [0.1, 0.15) is 11.1 Å². The summed E-state index contributed by atoms with van der Waals surface area (Å²) in [6.45, 7) is 0. The highest BCUT2D eigenvalue weighted by molar-refractivity contribution is 5.40. The van der Waals surface area contributed by atoms with Crippen molar-refractivity contribution in [2.24, 2.45) is 0 Å². The number of ether oxygens (including phenoxy) is 1. The van der Waals surface area contributed by atoms with Crippen LogP contribution in [0.25, 0.3) is 0 Å². The first-order valence-corrected chi connectivity index (χ1v) is 4.46. The third kappa shape index (κ3) is 3.84. The molecule has 0 unspecified atom stereocenters. The number of hydrogen-bond donors (Lipinski definition) is 0. The summed E-state index contributed by atoms with van der Waals surface area (Å²) in [6, 6.07) is 3.14. The second-order valence-corrected chi connectivity index (χ2v) is 3.20. The SMILES string of the molecule is N#CCc1ccc(C(F)(F)F)cc1OC(F)(F)F. The molecule has 0 heterocycles. The van der Waals surface area contributed by atoms with Gasteiger partial charge in [-0.3, -0.25) is 0 Å². The Balaban J connectivity index is 3.21. The molecule has 0 N–H and O–H groups in total. The van der Waals surface area contributed by atoms with Crippen LogP contribution in [-0.2, 0) is 12.6 Å². The molecule has 2 nitrogen and oxygen atoms in total. The van der Waals surface area contributed by atoms with E-state index in [1.165, 1.54) is 6.07 Å². The van der Waals surface area contributed by atoms with Gasteiger partial charge < -0.3 is 4.74 Å². The van der Waals surface area contributed by atoms with Crippen LogP contribution in [0.3, 0.4) is 0 Å². The normalized spacial score (nSPS) is 12.1. The van der Waals surface area contributed by atoms with Crippen molar-refractivity contribution >= 4 is 0 Å². The summed E-state index contributed by atoms with van der Waals surface area (Å²) in [5.41, 5.74) is -1.54. The average Bonchev–Trinajstić information content (AvgIpc) is 2.17. The Morgan fingerprint density at radius 2 is 1.72 bits per heavy atom. The maximum atomic E-state index is 12.3. The predicted octanol–water partition coefficient (Wildman–Crippen LogP) is 3.67. The maximum absolute atomic E-state index is 12.3. The van der Waals surface area contributed by atoms with Crippen molar-refractivity contribution in [2.45, 2.75) is 19.0 Å². The maximum Gasteiger partial charge on any atom is 0.573 e. The lowest BCUT2D eigenvalue weighted by molar-refractivity contribution is -0.275. The Bertz CT molecular complexity index is 471. The van der Waals surface area contributed by atoms with Crippen molar-refractivity contribution in [3.05, 3.63) is 29.3 Å². The second-order valence-electron chi connectivity index (χ2n) is 3.20. The Kier molecular flexibility index (Phi) is 3.74. The molecule has 0 bridgehead atoms. The minimum absolute atomic E-state index is 0.222. The van der Waals surface area contributed by atoms with E-state index >= 15 is 0 Å². The molecule has 1 aromatic rings. The van der Waals surface area contributed by atoms with Crippen molar-refractivity contribution < 1.29 is 31.1 Å². The van der Waals surface area contributed by atoms with Gasteiger partial charge in [-0.15, -0.1) is 13.2 Å². The third-order valence-electron chi connectivity index (χ3n) is 1.89. The van der Waals surface area contributed by atoms with Crippen molar-refractivity contribution in [3.63, 3.8) is 0 Å². The van der Waals surface area contributed by atoms with Gasteiger partial charge in [-0.25, -0.2) is 0 Å². The molecule has 0 atom stereocenters. The third-order valence-corrected chi connectivity index (χ3v) is 1.89. The van der Waals surface area contributed by atoms with Crippen molar-refractivity contribution in [1.82, 2.24) is 0 Å². The molecule has 0 saturated heterocycles. The molecule has 0 aliphatic rings. The van der Waals surface area contributed by atoms with Gasteiger partial charge in [-0.05, 0) is 12.1 Å². The molecule has 1 aromatic carbocycles. The summed E-state index contributed by atoms with van der Waals surface area (Å²) in [5.74, 6) is -1.01. The zero-order chi connectivity index (χ0) is 14.0. The monoisotopic (exact) mass is 269 g/mol. The molecule has 0 saturated carbocycles. The molecule has 0 spiro atoms. The number of benzene rings is 1. The quantitative estimate of drug-likeness (QED) is 0.767. The Morgan fingerprint density at radius 3 is 2.17 bits per heavy atom. The first-order valence-electron chi connectivity index (χ1n) is 4.46. The van der Waals surface area contributed by atoms with Crippen molar-refractivity contribution in [1.29, 1.82) is 5.26 Å². The summed E-state index contributed by atoms with van der Waals surface area (Å²) in [6.07, 6.45) is -10.4. The van der Waals surface area contributed by atoms with Gasteiger partial charge in [0, 0.05) is 5.56 Å². The molecule has 18 heavy (non-hydrogen) atoms. The van der Waals surface area contributed by atoms with Crippen LogP contribution in [0.15, 0.2) is 18.2 Å². The van der Waals surface area contributed by atoms with E-state index in [1.54, 1.807) is 0 Å². The Morgan fingerprint density at radius 1 is 1.11 bits per heavy atom. The molecule has 0 aliphatic heterocycles. The van der Waals surface area contributed by atoms with Gasteiger partial charge in [0.2, 0.25) is 0 Å². The van der Waals surface area contributed by atoms with E-state index in [4.69, 9.17) is 5.26 Å². The van der Waals surface area contributed by atoms with Crippen LogP contribution in [0.2, 0.25) is 0 Å². The first-order chi connectivity index (χ1) is 8.13. The molecule has 8 heteroatoms. The van der Waals surface area contributed by atoms with Gasteiger partial charge in [0.05, 0.1) is 18.1 Å². The molecule has 0 aliphatic carbocycles. The molecule has 0 radical (unpaired) electrons. The van der Waals surface area contributed by atoms with Gasteiger partial charge in [-0.2, -0.15) is 18.4 Å². The standard InChI is InChI=1S/C10H5F6NO/c11-9(12,13)7-2-1-6(3-4-17)8(5-7)18-10(14,15)16/h1-2,5H,3H2. The summed E-state index contributed by atoms with van der Waals surface area (Å²) in [5, 5.41) is 8.36. The fourth-order valence-electron chi connectivity index (χ4n) is 1.18. The first kappa shape index (κ1) is 14.2. The fraction of sp³-hybridized carbons (Fsp3) is 0.300. The van der Waals surface area contributed by atoms with Crippen molar-refractivity contribution in [3.8, 4) is 11.8 Å². The van der Waals surface area contributed by atoms with Crippen LogP contribution in [-0.4, -0.2) is 6.36 Å². The van der Waals surface area contributed by atoms with Crippen LogP contribution in [0.5, 0.6) is 5.75 Å². The lowest BCUT2D eigenvalue weighted by atomic mass is 10.1. The Labute approximate surface area is 97.4 Å². The van der Waals surface area contributed by atoms with Crippen LogP contribution >= 0.6 is 0 Å². The number of alkyl halides is 6. The smallest absolute Gasteiger partial charge is 0.405 e. The molecular formula is C10H5F6NO. The fourth-order valence-corrected chi connectivity index (χ4v) is 1.18. The van der Waals surface area contributed by atoms with E-state index in [9.17, 15) is 26.3 Å². The topological polar surface area (TPSA) is 33.0 Å². The van der Waals surface area contributed by atoms with Crippen LogP contribution < -0.4 is 4.74 Å². The number of hydrogen-bond acceptors (Lipinski definition) is 2. The molecule has 0 aromatic heterocycles. The predicted molar refractivity (Wildman–Crippen MR) is 47.4 cm³/mol. The molecule has 98 valence electrons. The van der Waals surface area contributed by atoms with Gasteiger partial charge >= 0.3 is 12.5 Å². The molecule has 1 rings (SSSR count). The van der Waals surface area contributed by atoms with E-state index in [-0.39, 0.29) is 11.6 Å². The lowest BCUT2D eigenvalue weighted by Crippen LogP contribution is -2.19. The van der Waals surface area contributed by atoms with E-state index in [0.717, 1.165) is 6.07 Å². The summed E-state index contributed by atoms with van der Waals surface area (Å²) in [7, 11) is 0. The lowest BCUT2D eigenvalue weighted by Gasteiger charge is -2.14. The summed E-state index contributed by atoms with van der Waals surface area (Å²) >= 11 is 0. The molecule has 0 amide bonds. The van der Waals surface area contributed by atoms with E-state index < -0.39 is 30.3 Å². The van der Waals surface area contributed by atoms with E-state index in [0.29, 0.717) is 6.07 Å². The largest absolute Gasteiger partial charge is 0.573 e. The molecule has 0 fully saturated rings. The van der Waals surface area contributed by atoms with Crippen LogP contribution in [0.4, 0.5) is 26.3 Å². The second kappa shape index (κ2) is 4.76. The van der Waals surface area contributed by atoms with Crippen LogP contribution in [0, 0.1) is 11.3 Å². The minimum Gasteiger partial charge on any atom is -0.405 e. The van der Waals surface area contributed by atoms with Gasteiger partial charge in [0.1, 0.15) is 5.75 Å². The van der Waals surface area contributed by atoms with Gasteiger partial charge in [0.15, 0.2) is 0 Å². The van der Waals surface area contributed by atoms with Gasteiger partial charge in [-0.1, -0.05) is 6.07 Å². The summed E-state index contributed by atoms with van der Waals surface area (Å²) < 4.78 is 76.4. The number of nitrogens with zero attached hydrogens (tertiary/aromatic N) is 1. The van der Waals surface area contributed by atoms with E-state index in [1.807, 2.05) is 0 Å². The number of nitriles is 1. The van der Waals surface area contributed by atoms with Crippen molar-refractivity contribution in [2.75, 3.05) is 0 Å².